The molecule has 0 aliphatic heterocycles. The van der Waals surface area contributed by atoms with Gasteiger partial charge in [-0.25, -0.2) is 4.98 Å². The maximum atomic E-state index is 12.7. The van der Waals surface area contributed by atoms with E-state index >= 15 is 0 Å². The first-order chi connectivity index (χ1) is 12.6. The number of ether oxygens (including phenoxy) is 2. The Morgan fingerprint density at radius 2 is 1.96 bits per heavy atom. The minimum absolute atomic E-state index is 0.142. The maximum absolute atomic E-state index is 12.7. The highest BCUT2D eigenvalue weighted by atomic mass is 16.5. The van der Waals surface area contributed by atoms with Crippen LogP contribution in [0.25, 0.3) is 0 Å². The Morgan fingerprint density at radius 3 is 2.50 bits per heavy atom. The zero-order valence-corrected chi connectivity index (χ0v) is 15.0. The quantitative estimate of drug-likeness (QED) is 0.797. The van der Waals surface area contributed by atoms with Crippen molar-refractivity contribution in [1.82, 2.24) is 10.3 Å². The highest BCUT2D eigenvalue weighted by Gasteiger charge is 2.36. The van der Waals surface area contributed by atoms with Crippen molar-refractivity contribution in [2.45, 2.75) is 31.6 Å². The van der Waals surface area contributed by atoms with Gasteiger partial charge in [-0.1, -0.05) is 18.2 Å². The summed E-state index contributed by atoms with van der Waals surface area (Å²) in [5.74, 6) is 0.578. The minimum Gasteiger partial charge on any atom is -0.481 e. The van der Waals surface area contributed by atoms with Crippen LogP contribution in [-0.2, 0) is 11.3 Å². The first-order valence-corrected chi connectivity index (χ1v) is 8.67. The van der Waals surface area contributed by atoms with E-state index in [1.54, 1.807) is 38.6 Å². The predicted octanol–water partition coefficient (Wildman–Crippen LogP) is 2.48. The number of amides is 1. The number of carbonyl (C=O) groups is 1. The van der Waals surface area contributed by atoms with Gasteiger partial charge in [-0.2, -0.15) is 0 Å². The van der Waals surface area contributed by atoms with E-state index in [9.17, 15) is 9.90 Å². The summed E-state index contributed by atoms with van der Waals surface area (Å²) < 4.78 is 10.2. The first kappa shape index (κ1) is 18.4. The molecule has 0 spiro atoms. The van der Waals surface area contributed by atoms with E-state index < -0.39 is 0 Å². The number of hydrogen-bond donors (Lipinski definition) is 2. The molecule has 3 rings (SSSR count). The second-order valence-electron chi connectivity index (χ2n) is 6.60. The lowest BCUT2D eigenvalue weighted by atomic mass is 9.75. The predicted molar refractivity (Wildman–Crippen MR) is 96.9 cm³/mol. The molecule has 0 saturated heterocycles. The Balaban J connectivity index is 1.75. The van der Waals surface area contributed by atoms with Gasteiger partial charge in [-0.15, -0.1) is 0 Å². The molecule has 1 heterocycles. The Morgan fingerprint density at radius 1 is 1.23 bits per heavy atom. The van der Waals surface area contributed by atoms with Crippen LogP contribution in [0.15, 0.2) is 42.6 Å². The van der Waals surface area contributed by atoms with Gasteiger partial charge < -0.3 is 19.9 Å². The molecule has 6 heteroatoms. The molecule has 1 fully saturated rings. The number of nitrogens with zero attached hydrogens (tertiary/aromatic N) is 1. The van der Waals surface area contributed by atoms with Gasteiger partial charge in [0.15, 0.2) is 0 Å². The summed E-state index contributed by atoms with van der Waals surface area (Å²) in [6.07, 6.45) is 2.77. The van der Waals surface area contributed by atoms with E-state index in [0.717, 1.165) is 11.1 Å². The Labute approximate surface area is 153 Å². The zero-order chi connectivity index (χ0) is 18.5. The van der Waals surface area contributed by atoms with Gasteiger partial charge in [0.25, 0.3) is 5.91 Å². The largest absolute Gasteiger partial charge is 0.481 e. The zero-order valence-electron chi connectivity index (χ0n) is 15.0. The van der Waals surface area contributed by atoms with Crippen molar-refractivity contribution in [3.63, 3.8) is 0 Å². The van der Waals surface area contributed by atoms with Crippen LogP contribution < -0.4 is 10.1 Å². The average Bonchev–Trinajstić information content (AvgIpc) is 2.65. The molecule has 1 aliphatic carbocycles. The third kappa shape index (κ3) is 4.20. The van der Waals surface area contributed by atoms with Gasteiger partial charge in [0.1, 0.15) is 0 Å². The molecule has 138 valence electrons. The van der Waals surface area contributed by atoms with Crippen molar-refractivity contribution in [3.05, 3.63) is 59.3 Å². The molecule has 2 N–H and O–H groups in total. The van der Waals surface area contributed by atoms with Crippen molar-refractivity contribution < 1.29 is 19.4 Å². The summed E-state index contributed by atoms with van der Waals surface area (Å²) in [5, 5.41) is 12.8. The molecule has 26 heavy (non-hydrogen) atoms. The lowest BCUT2D eigenvalue weighted by molar-refractivity contribution is 0.0234. The van der Waals surface area contributed by atoms with Crippen LogP contribution in [0.4, 0.5) is 0 Å². The van der Waals surface area contributed by atoms with E-state index in [4.69, 9.17) is 9.47 Å². The van der Waals surface area contributed by atoms with Crippen molar-refractivity contribution >= 4 is 5.91 Å². The lowest BCUT2D eigenvalue weighted by Crippen LogP contribution is -2.41. The third-order valence-electron chi connectivity index (χ3n) is 4.76. The van der Waals surface area contributed by atoms with Crippen molar-refractivity contribution in [2.24, 2.45) is 5.92 Å². The van der Waals surface area contributed by atoms with Crippen LogP contribution in [0.3, 0.4) is 0 Å². The Hall–Kier alpha value is -2.44. The fourth-order valence-electron chi connectivity index (χ4n) is 3.22. The van der Waals surface area contributed by atoms with Gasteiger partial charge in [0, 0.05) is 24.9 Å². The van der Waals surface area contributed by atoms with Gasteiger partial charge in [-0.3, -0.25) is 4.79 Å². The van der Waals surface area contributed by atoms with Gasteiger partial charge >= 0.3 is 0 Å². The summed E-state index contributed by atoms with van der Waals surface area (Å²) in [7, 11) is 3.21. The third-order valence-corrected chi connectivity index (χ3v) is 4.76. The normalized spacial score (nSPS) is 20.1. The average molecular weight is 356 g/mol. The highest BCUT2D eigenvalue weighted by Crippen LogP contribution is 2.38. The van der Waals surface area contributed by atoms with Gasteiger partial charge in [-0.05, 0) is 42.0 Å². The number of aliphatic hydroxyl groups excluding tert-OH is 1. The van der Waals surface area contributed by atoms with Crippen LogP contribution in [0.2, 0.25) is 0 Å². The maximum Gasteiger partial charge on any atom is 0.251 e. The van der Waals surface area contributed by atoms with Crippen LogP contribution in [-0.4, -0.2) is 36.3 Å². The van der Waals surface area contributed by atoms with E-state index in [0.29, 0.717) is 30.9 Å². The number of methoxy groups -OCH3 is 2. The summed E-state index contributed by atoms with van der Waals surface area (Å²) in [6, 6.07) is 10.9. The molecule has 1 atom stereocenters. The van der Waals surface area contributed by atoms with Crippen LogP contribution in [0.5, 0.6) is 5.88 Å². The van der Waals surface area contributed by atoms with E-state index in [1.165, 1.54) is 0 Å². The van der Waals surface area contributed by atoms with Crippen LogP contribution in [0, 0.1) is 5.92 Å². The van der Waals surface area contributed by atoms with Crippen LogP contribution in [0.1, 0.15) is 40.4 Å². The van der Waals surface area contributed by atoms with Crippen LogP contribution >= 0.6 is 0 Å². The molecule has 1 aromatic carbocycles. The number of benzene rings is 1. The fourth-order valence-corrected chi connectivity index (χ4v) is 3.22. The second-order valence-corrected chi connectivity index (χ2v) is 6.60. The van der Waals surface area contributed by atoms with Gasteiger partial charge in [0.2, 0.25) is 5.88 Å². The highest BCUT2D eigenvalue weighted by molar-refractivity contribution is 5.94. The molecule has 0 radical (unpaired) electrons. The molecule has 2 aromatic rings. The molecular weight excluding hydrogens is 332 g/mol. The number of pyridine rings is 1. The second kappa shape index (κ2) is 8.29. The molecule has 1 aromatic heterocycles. The molecule has 0 bridgehead atoms. The number of carbonyl (C=O) groups excluding carboxylic acids is 1. The smallest absolute Gasteiger partial charge is 0.251 e. The summed E-state index contributed by atoms with van der Waals surface area (Å²) in [4.78, 5) is 16.9. The Kier molecular flexibility index (Phi) is 5.85. The summed E-state index contributed by atoms with van der Waals surface area (Å²) >= 11 is 0. The topological polar surface area (TPSA) is 80.7 Å². The summed E-state index contributed by atoms with van der Waals surface area (Å²) in [5.41, 5.74) is 2.52. The molecule has 1 saturated carbocycles. The fraction of sp³-hybridized carbons (Fsp3) is 0.400. The molecule has 6 nitrogen and oxygen atoms in total. The molecule has 1 aliphatic rings. The number of hydrogen-bond acceptors (Lipinski definition) is 5. The molecule has 1 amide bonds. The standard InChI is InChI=1S/C20H24N2O4/c1-25-12-13-3-5-14(6-4-13)20(24)22-19(16-9-17(23)10-16)15-7-8-18(26-2)21-11-15/h3-8,11,16-17,19,23H,9-10,12H2,1-2H3,(H,22,24)/t16?,17?,19-/m1/s1. The Bertz CT molecular complexity index is 724. The monoisotopic (exact) mass is 356 g/mol. The SMILES string of the molecule is COCc1ccc(C(=O)N[C@H](c2ccc(OC)nc2)C2CC(O)C2)cc1. The van der Waals surface area contributed by atoms with E-state index in [2.05, 4.69) is 10.3 Å². The summed E-state index contributed by atoms with van der Waals surface area (Å²) in [6.45, 7) is 0.516. The number of aromatic nitrogens is 1. The number of nitrogens with one attached hydrogen (secondary N) is 1. The molecule has 0 unspecified atom stereocenters. The van der Waals surface area contributed by atoms with E-state index in [-0.39, 0.29) is 24.0 Å². The van der Waals surface area contributed by atoms with Crippen molar-refractivity contribution in [2.75, 3.05) is 14.2 Å². The van der Waals surface area contributed by atoms with E-state index in [1.807, 2.05) is 18.2 Å². The van der Waals surface area contributed by atoms with Crippen molar-refractivity contribution in [3.8, 4) is 5.88 Å². The van der Waals surface area contributed by atoms with Gasteiger partial charge in [0.05, 0.1) is 25.9 Å². The first-order valence-electron chi connectivity index (χ1n) is 8.67. The lowest BCUT2D eigenvalue weighted by Gasteiger charge is -2.38. The minimum atomic E-state index is -0.293. The molecular formula is C20H24N2O4. The number of aliphatic hydroxyl groups is 1. The van der Waals surface area contributed by atoms with Crippen molar-refractivity contribution in [1.29, 1.82) is 0 Å². The number of rotatable bonds is 7.